The number of amides is 2. The quantitative estimate of drug-likeness (QED) is 0.590. The lowest BCUT2D eigenvalue weighted by Crippen LogP contribution is -2.42. The van der Waals surface area contributed by atoms with Gasteiger partial charge >= 0.3 is 0 Å². The predicted octanol–water partition coefficient (Wildman–Crippen LogP) is 0.336. The molecule has 0 bridgehead atoms. The Balaban J connectivity index is 2.68. The number of hydrogen-bond donors (Lipinski definition) is 0. The van der Waals surface area contributed by atoms with Gasteiger partial charge in [-0.3, -0.25) is 14.5 Å². The van der Waals surface area contributed by atoms with Gasteiger partial charge in [0.25, 0.3) is 11.8 Å². The van der Waals surface area contributed by atoms with Crippen molar-refractivity contribution in [2.75, 3.05) is 13.7 Å². The molecule has 1 aliphatic heterocycles. The average Bonchev–Trinajstić information content (AvgIpc) is 2.43. The highest BCUT2D eigenvalue weighted by Crippen LogP contribution is 2.11. The van der Waals surface area contributed by atoms with Gasteiger partial charge in [0.1, 0.15) is 0 Å². The number of rotatable bonds is 4. The Morgan fingerprint density at radius 3 is 2.31 bits per heavy atom. The molecular formula is C9H13NO3. The van der Waals surface area contributed by atoms with Crippen LogP contribution in [-0.2, 0) is 14.3 Å². The zero-order valence-electron chi connectivity index (χ0n) is 7.82. The topological polar surface area (TPSA) is 46.6 Å². The normalized spacial score (nSPS) is 18.5. The van der Waals surface area contributed by atoms with Crippen molar-refractivity contribution < 1.29 is 14.3 Å². The Morgan fingerprint density at radius 1 is 1.38 bits per heavy atom. The summed E-state index contributed by atoms with van der Waals surface area (Å²) in [5.74, 6) is -0.484. The van der Waals surface area contributed by atoms with Crippen LogP contribution < -0.4 is 0 Å². The standard InChI is InChI=1S/C9H13NO3/c1-3-7(6-13-2)10-8(11)4-5-9(10)12/h4-5,7H,3,6H2,1-2H3. The minimum absolute atomic E-state index is 0.139. The molecular weight excluding hydrogens is 170 g/mol. The molecule has 0 aromatic carbocycles. The second-order valence-corrected chi connectivity index (χ2v) is 2.90. The van der Waals surface area contributed by atoms with Gasteiger partial charge in [-0.2, -0.15) is 0 Å². The number of carbonyl (C=O) groups is 2. The summed E-state index contributed by atoms with van der Waals surface area (Å²) < 4.78 is 4.93. The van der Waals surface area contributed by atoms with E-state index in [0.29, 0.717) is 13.0 Å². The van der Waals surface area contributed by atoms with E-state index in [1.54, 1.807) is 7.11 Å². The van der Waals surface area contributed by atoms with Crippen LogP contribution >= 0.6 is 0 Å². The first kappa shape index (κ1) is 9.92. The first-order valence-corrected chi connectivity index (χ1v) is 4.24. The third-order valence-corrected chi connectivity index (χ3v) is 2.04. The van der Waals surface area contributed by atoms with Gasteiger partial charge in [0.05, 0.1) is 12.6 Å². The van der Waals surface area contributed by atoms with Crippen molar-refractivity contribution in [3.05, 3.63) is 12.2 Å². The van der Waals surface area contributed by atoms with Gasteiger partial charge in [-0.05, 0) is 6.42 Å². The average molecular weight is 183 g/mol. The van der Waals surface area contributed by atoms with Crippen molar-refractivity contribution in [1.29, 1.82) is 0 Å². The fourth-order valence-electron chi connectivity index (χ4n) is 1.34. The van der Waals surface area contributed by atoms with Crippen molar-refractivity contribution in [2.45, 2.75) is 19.4 Å². The van der Waals surface area contributed by atoms with Crippen molar-refractivity contribution in [3.8, 4) is 0 Å². The summed E-state index contributed by atoms with van der Waals surface area (Å²) in [7, 11) is 1.56. The fraction of sp³-hybridized carbons (Fsp3) is 0.556. The van der Waals surface area contributed by atoms with E-state index in [0.717, 1.165) is 0 Å². The highest BCUT2D eigenvalue weighted by Gasteiger charge is 2.29. The van der Waals surface area contributed by atoms with Crippen molar-refractivity contribution >= 4 is 11.8 Å². The van der Waals surface area contributed by atoms with Crippen LogP contribution in [0.2, 0.25) is 0 Å². The zero-order valence-corrected chi connectivity index (χ0v) is 7.82. The van der Waals surface area contributed by atoms with E-state index in [1.807, 2.05) is 6.92 Å². The van der Waals surface area contributed by atoms with E-state index in [-0.39, 0.29) is 17.9 Å². The Labute approximate surface area is 77.2 Å². The van der Waals surface area contributed by atoms with Crippen molar-refractivity contribution in [2.24, 2.45) is 0 Å². The molecule has 72 valence electrons. The highest BCUT2D eigenvalue weighted by molar-refractivity contribution is 6.13. The first-order valence-electron chi connectivity index (χ1n) is 4.24. The molecule has 2 amide bonds. The second kappa shape index (κ2) is 4.18. The Kier molecular flexibility index (Phi) is 3.19. The monoisotopic (exact) mass is 183 g/mol. The maximum Gasteiger partial charge on any atom is 0.253 e. The van der Waals surface area contributed by atoms with E-state index in [2.05, 4.69) is 0 Å². The van der Waals surface area contributed by atoms with E-state index >= 15 is 0 Å². The molecule has 13 heavy (non-hydrogen) atoms. The molecule has 1 heterocycles. The molecule has 0 aliphatic carbocycles. The molecule has 0 aromatic heterocycles. The lowest BCUT2D eigenvalue weighted by molar-refractivity contribution is -0.140. The number of nitrogens with zero attached hydrogens (tertiary/aromatic N) is 1. The summed E-state index contributed by atoms with van der Waals surface area (Å²) in [5, 5.41) is 0. The molecule has 0 spiro atoms. The molecule has 1 rings (SSSR count). The number of ether oxygens (including phenoxy) is 1. The molecule has 0 aromatic rings. The van der Waals surface area contributed by atoms with E-state index in [9.17, 15) is 9.59 Å². The molecule has 1 aliphatic rings. The lowest BCUT2D eigenvalue weighted by atomic mass is 10.2. The van der Waals surface area contributed by atoms with Crippen LogP contribution in [0.1, 0.15) is 13.3 Å². The van der Waals surface area contributed by atoms with Gasteiger partial charge in [-0.15, -0.1) is 0 Å². The van der Waals surface area contributed by atoms with Crippen LogP contribution in [0.5, 0.6) is 0 Å². The fourth-order valence-corrected chi connectivity index (χ4v) is 1.34. The van der Waals surface area contributed by atoms with Crippen LogP contribution in [0.3, 0.4) is 0 Å². The molecule has 0 radical (unpaired) electrons. The maximum atomic E-state index is 11.2. The third kappa shape index (κ3) is 1.95. The van der Waals surface area contributed by atoms with Crippen molar-refractivity contribution in [3.63, 3.8) is 0 Å². The zero-order chi connectivity index (χ0) is 9.84. The van der Waals surface area contributed by atoms with Gasteiger partial charge < -0.3 is 4.74 Å². The highest BCUT2D eigenvalue weighted by atomic mass is 16.5. The Morgan fingerprint density at radius 2 is 1.92 bits per heavy atom. The predicted molar refractivity (Wildman–Crippen MR) is 46.9 cm³/mol. The minimum Gasteiger partial charge on any atom is -0.383 e. The smallest absolute Gasteiger partial charge is 0.253 e. The molecule has 1 unspecified atom stereocenters. The molecule has 4 nitrogen and oxygen atoms in total. The summed E-state index contributed by atoms with van der Waals surface area (Å²) in [6.45, 7) is 2.32. The molecule has 1 atom stereocenters. The van der Waals surface area contributed by atoms with Gasteiger partial charge in [0.15, 0.2) is 0 Å². The minimum atomic E-state index is -0.242. The Bertz CT molecular complexity index is 229. The largest absolute Gasteiger partial charge is 0.383 e. The Hall–Kier alpha value is -1.16. The molecule has 4 heteroatoms. The van der Waals surface area contributed by atoms with Crippen LogP contribution in [0, 0.1) is 0 Å². The summed E-state index contributed by atoms with van der Waals surface area (Å²) in [6.07, 6.45) is 3.30. The van der Waals surface area contributed by atoms with Crippen LogP contribution in [0.15, 0.2) is 12.2 Å². The van der Waals surface area contributed by atoms with Gasteiger partial charge in [0.2, 0.25) is 0 Å². The molecule has 0 fully saturated rings. The van der Waals surface area contributed by atoms with E-state index < -0.39 is 0 Å². The summed E-state index contributed by atoms with van der Waals surface area (Å²) >= 11 is 0. The first-order chi connectivity index (χ1) is 6.20. The van der Waals surface area contributed by atoms with Crippen LogP contribution in [0.25, 0.3) is 0 Å². The van der Waals surface area contributed by atoms with Crippen molar-refractivity contribution in [1.82, 2.24) is 4.90 Å². The SMILES string of the molecule is CCC(COC)N1C(=O)C=CC1=O. The number of hydrogen-bond acceptors (Lipinski definition) is 3. The summed E-state index contributed by atoms with van der Waals surface area (Å²) in [4.78, 5) is 23.7. The van der Waals surface area contributed by atoms with Crippen LogP contribution in [0.4, 0.5) is 0 Å². The van der Waals surface area contributed by atoms with E-state index in [4.69, 9.17) is 4.74 Å². The number of carbonyl (C=O) groups excluding carboxylic acids is 2. The molecule has 0 saturated heterocycles. The second-order valence-electron chi connectivity index (χ2n) is 2.90. The third-order valence-electron chi connectivity index (χ3n) is 2.04. The van der Waals surface area contributed by atoms with Gasteiger partial charge in [-0.1, -0.05) is 6.92 Å². The number of methoxy groups -OCH3 is 1. The summed E-state index contributed by atoms with van der Waals surface area (Å²) in [5.41, 5.74) is 0. The van der Waals surface area contributed by atoms with E-state index in [1.165, 1.54) is 17.1 Å². The summed E-state index contributed by atoms with van der Waals surface area (Å²) in [6, 6.07) is -0.139. The maximum absolute atomic E-state index is 11.2. The number of imide groups is 1. The van der Waals surface area contributed by atoms with Gasteiger partial charge in [0, 0.05) is 19.3 Å². The molecule has 0 saturated carbocycles. The molecule has 0 N–H and O–H groups in total. The van der Waals surface area contributed by atoms with Gasteiger partial charge in [-0.25, -0.2) is 0 Å². The lowest BCUT2D eigenvalue weighted by Gasteiger charge is -2.23. The van der Waals surface area contributed by atoms with Crippen LogP contribution in [-0.4, -0.2) is 36.5 Å².